The third-order valence-electron chi connectivity index (χ3n) is 3.98. The van der Waals surface area contributed by atoms with Crippen LogP contribution in [0.2, 0.25) is 0 Å². The highest BCUT2D eigenvalue weighted by atomic mass is 79.9. The van der Waals surface area contributed by atoms with E-state index in [1.165, 1.54) is 44.3 Å². The molecule has 2 aliphatic rings. The lowest BCUT2D eigenvalue weighted by Crippen LogP contribution is -2.39. The summed E-state index contributed by atoms with van der Waals surface area (Å²) < 4.78 is 1.09. The monoisotopic (exact) mass is 281 g/mol. The van der Waals surface area contributed by atoms with Crippen molar-refractivity contribution in [3.63, 3.8) is 0 Å². The third-order valence-corrected chi connectivity index (χ3v) is 4.53. The molecule has 0 aromatic heterocycles. The summed E-state index contributed by atoms with van der Waals surface area (Å²) in [5, 5.41) is 0. The van der Waals surface area contributed by atoms with E-state index in [0.717, 1.165) is 4.48 Å². The van der Waals surface area contributed by atoms with Crippen molar-refractivity contribution in [2.45, 2.75) is 38.1 Å². The minimum absolute atomic E-state index is 0.344. The lowest BCUT2D eigenvalue weighted by molar-refractivity contribution is 0.240. The van der Waals surface area contributed by atoms with E-state index in [1.54, 1.807) is 0 Å². The SMILES string of the molecule is C=C/C(Br)=C\C(=C/C)C12CCCN1CCC2. The Balaban J connectivity index is 2.30. The van der Waals surface area contributed by atoms with E-state index in [2.05, 4.69) is 46.5 Å². The van der Waals surface area contributed by atoms with Crippen molar-refractivity contribution < 1.29 is 0 Å². The molecular formula is C14H20BrN. The van der Waals surface area contributed by atoms with E-state index in [9.17, 15) is 0 Å². The average Bonchev–Trinajstić information content (AvgIpc) is 2.84. The van der Waals surface area contributed by atoms with Crippen LogP contribution in [0.4, 0.5) is 0 Å². The van der Waals surface area contributed by atoms with Gasteiger partial charge in [-0.15, -0.1) is 0 Å². The molecule has 2 heteroatoms. The van der Waals surface area contributed by atoms with Gasteiger partial charge >= 0.3 is 0 Å². The molecule has 2 saturated heterocycles. The maximum absolute atomic E-state index is 3.80. The molecule has 0 N–H and O–H groups in total. The molecule has 2 aliphatic heterocycles. The van der Waals surface area contributed by atoms with Crippen LogP contribution in [-0.4, -0.2) is 23.5 Å². The average molecular weight is 282 g/mol. The second kappa shape index (κ2) is 4.89. The van der Waals surface area contributed by atoms with Crippen LogP contribution in [0.3, 0.4) is 0 Å². The molecule has 0 radical (unpaired) electrons. The number of hydrogen-bond acceptors (Lipinski definition) is 1. The van der Waals surface area contributed by atoms with Gasteiger partial charge < -0.3 is 0 Å². The normalized spacial score (nSPS) is 25.9. The Morgan fingerprint density at radius 2 is 1.94 bits per heavy atom. The zero-order valence-electron chi connectivity index (χ0n) is 10.0. The molecule has 16 heavy (non-hydrogen) atoms. The van der Waals surface area contributed by atoms with Crippen LogP contribution < -0.4 is 0 Å². The Morgan fingerprint density at radius 1 is 1.31 bits per heavy atom. The third kappa shape index (κ3) is 1.93. The number of hydrogen-bond donors (Lipinski definition) is 0. The highest BCUT2D eigenvalue weighted by molar-refractivity contribution is 9.11. The molecule has 0 unspecified atom stereocenters. The Bertz CT molecular complexity index is 331. The van der Waals surface area contributed by atoms with E-state index in [-0.39, 0.29) is 0 Å². The van der Waals surface area contributed by atoms with Gasteiger partial charge in [0.2, 0.25) is 0 Å². The molecule has 0 atom stereocenters. The van der Waals surface area contributed by atoms with Gasteiger partial charge in [-0.05, 0) is 57.3 Å². The molecular weight excluding hydrogens is 262 g/mol. The van der Waals surface area contributed by atoms with Gasteiger partial charge in [-0.1, -0.05) is 34.7 Å². The first-order valence-corrected chi connectivity index (χ1v) is 6.94. The first-order chi connectivity index (χ1) is 7.73. The fourth-order valence-corrected chi connectivity index (χ4v) is 3.52. The maximum Gasteiger partial charge on any atom is 0.0458 e. The molecule has 1 nitrogen and oxygen atoms in total. The van der Waals surface area contributed by atoms with Crippen molar-refractivity contribution in [3.05, 3.63) is 34.9 Å². The molecule has 0 amide bonds. The Morgan fingerprint density at radius 3 is 2.44 bits per heavy atom. The summed E-state index contributed by atoms with van der Waals surface area (Å²) in [6.07, 6.45) is 11.7. The minimum Gasteiger partial charge on any atom is -0.294 e. The fourth-order valence-electron chi connectivity index (χ4n) is 3.27. The fraction of sp³-hybridized carbons (Fsp3) is 0.571. The summed E-state index contributed by atoms with van der Waals surface area (Å²) in [6.45, 7) is 8.50. The lowest BCUT2D eigenvalue weighted by Gasteiger charge is -2.33. The van der Waals surface area contributed by atoms with Crippen molar-refractivity contribution in [2.24, 2.45) is 0 Å². The highest BCUT2D eigenvalue weighted by Crippen LogP contribution is 2.44. The summed E-state index contributed by atoms with van der Waals surface area (Å²) in [4.78, 5) is 2.67. The Hall–Kier alpha value is -0.340. The van der Waals surface area contributed by atoms with Crippen molar-refractivity contribution in [1.82, 2.24) is 4.90 Å². The molecule has 88 valence electrons. The van der Waals surface area contributed by atoms with Crippen LogP contribution in [0, 0.1) is 0 Å². The predicted molar refractivity (Wildman–Crippen MR) is 73.7 cm³/mol. The summed E-state index contributed by atoms with van der Waals surface area (Å²) in [5.74, 6) is 0. The number of rotatable bonds is 3. The van der Waals surface area contributed by atoms with Crippen molar-refractivity contribution in [2.75, 3.05) is 13.1 Å². The summed E-state index contributed by atoms with van der Waals surface area (Å²) in [7, 11) is 0. The number of fused-ring (bicyclic) bond motifs is 1. The molecule has 2 heterocycles. The van der Waals surface area contributed by atoms with E-state index in [1.807, 2.05) is 6.08 Å². The largest absolute Gasteiger partial charge is 0.294 e. The van der Waals surface area contributed by atoms with Crippen LogP contribution in [0.1, 0.15) is 32.6 Å². The molecule has 0 aromatic rings. The summed E-state index contributed by atoms with van der Waals surface area (Å²) in [6, 6.07) is 0. The zero-order chi connectivity index (χ0) is 11.6. The van der Waals surface area contributed by atoms with Crippen molar-refractivity contribution in [3.8, 4) is 0 Å². The van der Waals surface area contributed by atoms with Crippen LogP contribution in [0.15, 0.2) is 34.9 Å². The Labute approximate surface area is 107 Å². The van der Waals surface area contributed by atoms with Gasteiger partial charge in [-0.2, -0.15) is 0 Å². The van der Waals surface area contributed by atoms with Crippen molar-refractivity contribution >= 4 is 15.9 Å². The van der Waals surface area contributed by atoms with Gasteiger partial charge in [-0.3, -0.25) is 4.90 Å². The molecule has 0 bridgehead atoms. The lowest BCUT2D eigenvalue weighted by atomic mass is 9.85. The van der Waals surface area contributed by atoms with E-state index < -0.39 is 0 Å². The molecule has 0 aromatic carbocycles. The second-order valence-corrected chi connectivity index (χ2v) is 5.62. The number of halogens is 1. The van der Waals surface area contributed by atoms with Gasteiger partial charge in [0.1, 0.15) is 0 Å². The first-order valence-electron chi connectivity index (χ1n) is 6.14. The van der Waals surface area contributed by atoms with Crippen LogP contribution in [0.25, 0.3) is 0 Å². The predicted octanol–water partition coefficient (Wildman–Crippen LogP) is 4.03. The van der Waals surface area contributed by atoms with Gasteiger partial charge in [0.25, 0.3) is 0 Å². The standard InChI is InChI=1S/C14H20BrN/c1-3-12(11-13(15)4-2)14-7-5-9-16(14)10-6-8-14/h3-4,11H,2,5-10H2,1H3/b12-3+,13-11+. The summed E-state index contributed by atoms with van der Waals surface area (Å²) in [5.41, 5.74) is 1.81. The number of nitrogens with zero attached hydrogens (tertiary/aromatic N) is 1. The van der Waals surface area contributed by atoms with Gasteiger partial charge in [0.15, 0.2) is 0 Å². The topological polar surface area (TPSA) is 3.24 Å². The molecule has 0 spiro atoms. The molecule has 2 rings (SSSR count). The molecule has 0 saturated carbocycles. The van der Waals surface area contributed by atoms with Crippen LogP contribution in [0.5, 0.6) is 0 Å². The molecule has 0 aliphatic carbocycles. The van der Waals surface area contributed by atoms with Gasteiger partial charge in [0, 0.05) is 10.0 Å². The van der Waals surface area contributed by atoms with Gasteiger partial charge in [-0.25, -0.2) is 0 Å². The second-order valence-electron chi connectivity index (χ2n) is 4.70. The van der Waals surface area contributed by atoms with Crippen LogP contribution >= 0.6 is 15.9 Å². The van der Waals surface area contributed by atoms with Crippen molar-refractivity contribution in [1.29, 1.82) is 0 Å². The smallest absolute Gasteiger partial charge is 0.0458 e. The van der Waals surface area contributed by atoms with E-state index in [0.29, 0.717) is 5.54 Å². The van der Waals surface area contributed by atoms with E-state index >= 15 is 0 Å². The maximum atomic E-state index is 3.80. The summed E-state index contributed by atoms with van der Waals surface area (Å²) >= 11 is 3.54. The zero-order valence-corrected chi connectivity index (χ0v) is 11.6. The number of allylic oxidation sites excluding steroid dienone is 3. The highest BCUT2D eigenvalue weighted by Gasteiger charge is 2.45. The molecule has 2 fully saturated rings. The first kappa shape index (κ1) is 12.1. The Kier molecular flexibility index (Phi) is 3.70. The van der Waals surface area contributed by atoms with Gasteiger partial charge in [0.05, 0.1) is 0 Å². The quantitative estimate of drug-likeness (QED) is 0.706. The minimum atomic E-state index is 0.344. The van der Waals surface area contributed by atoms with Crippen LogP contribution in [-0.2, 0) is 0 Å². The van der Waals surface area contributed by atoms with E-state index in [4.69, 9.17) is 0 Å².